The maximum absolute atomic E-state index is 12.5. The Kier molecular flexibility index (Phi) is 5.08. The van der Waals surface area contributed by atoms with Crippen LogP contribution in [0.25, 0.3) is 0 Å². The van der Waals surface area contributed by atoms with E-state index in [1.807, 2.05) is 0 Å². The summed E-state index contributed by atoms with van der Waals surface area (Å²) in [5.74, 6) is 1.33. The standard InChI is InChI=1S/C13H19F3N4S/c1-9-4-3-5-20(7-9)12(17-2)18-6-11-19-10(8-21-11)13(14,15)16/h8-9H,3-7H2,1-2H3,(H,17,18). The predicted octanol–water partition coefficient (Wildman–Crippen LogP) is 2.97. The van der Waals surface area contributed by atoms with Crippen LogP contribution in [-0.2, 0) is 12.7 Å². The zero-order valence-corrected chi connectivity index (χ0v) is 12.9. The molecule has 1 aromatic rings. The van der Waals surface area contributed by atoms with E-state index in [2.05, 4.69) is 27.1 Å². The van der Waals surface area contributed by atoms with Gasteiger partial charge in [-0.1, -0.05) is 6.92 Å². The molecule has 0 amide bonds. The third-order valence-corrected chi connectivity index (χ3v) is 4.26. The second-order valence-corrected chi connectivity index (χ2v) is 6.16. The molecule has 2 rings (SSSR count). The molecule has 0 radical (unpaired) electrons. The van der Waals surface area contributed by atoms with Crippen LogP contribution < -0.4 is 5.32 Å². The van der Waals surface area contributed by atoms with Gasteiger partial charge in [-0.15, -0.1) is 11.3 Å². The average molecular weight is 320 g/mol. The summed E-state index contributed by atoms with van der Waals surface area (Å²) in [4.78, 5) is 9.95. The van der Waals surface area contributed by atoms with Crippen molar-refractivity contribution in [3.8, 4) is 0 Å². The highest BCUT2D eigenvalue weighted by molar-refractivity contribution is 7.09. The molecular weight excluding hydrogens is 301 g/mol. The number of aromatic nitrogens is 1. The number of nitrogens with one attached hydrogen (secondary N) is 1. The topological polar surface area (TPSA) is 40.5 Å². The molecule has 0 bridgehead atoms. The Hall–Kier alpha value is -1.31. The quantitative estimate of drug-likeness (QED) is 0.673. The number of guanidine groups is 1. The molecule has 0 aromatic carbocycles. The smallest absolute Gasteiger partial charge is 0.350 e. The molecule has 21 heavy (non-hydrogen) atoms. The fourth-order valence-corrected chi connectivity index (χ4v) is 3.13. The Morgan fingerprint density at radius 3 is 2.90 bits per heavy atom. The number of likely N-dealkylation sites (tertiary alicyclic amines) is 1. The van der Waals surface area contributed by atoms with Gasteiger partial charge in [-0.25, -0.2) is 4.98 Å². The molecule has 0 saturated carbocycles. The normalized spacial score (nSPS) is 20.7. The van der Waals surface area contributed by atoms with Gasteiger partial charge in [0.2, 0.25) is 0 Å². The number of piperidine rings is 1. The highest BCUT2D eigenvalue weighted by Crippen LogP contribution is 2.29. The number of nitrogens with zero attached hydrogens (tertiary/aromatic N) is 3. The summed E-state index contributed by atoms with van der Waals surface area (Å²) in [5.41, 5.74) is -0.828. The lowest BCUT2D eigenvalue weighted by atomic mass is 10.0. The second-order valence-electron chi connectivity index (χ2n) is 5.22. The van der Waals surface area contributed by atoms with Crippen molar-refractivity contribution in [2.24, 2.45) is 10.9 Å². The summed E-state index contributed by atoms with van der Waals surface area (Å²) in [6, 6.07) is 0. The molecule has 1 atom stereocenters. The summed E-state index contributed by atoms with van der Waals surface area (Å²) < 4.78 is 37.5. The van der Waals surface area contributed by atoms with Gasteiger partial charge in [0.25, 0.3) is 0 Å². The van der Waals surface area contributed by atoms with Crippen molar-refractivity contribution >= 4 is 17.3 Å². The zero-order chi connectivity index (χ0) is 15.5. The van der Waals surface area contributed by atoms with Gasteiger partial charge >= 0.3 is 6.18 Å². The summed E-state index contributed by atoms with van der Waals surface area (Å²) in [5, 5.41) is 4.55. The van der Waals surface area contributed by atoms with Gasteiger partial charge in [0.15, 0.2) is 11.7 Å². The highest BCUT2D eigenvalue weighted by Gasteiger charge is 2.33. The van der Waals surface area contributed by atoms with E-state index >= 15 is 0 Å². The fraction of sp³-hybridized carbons (Fsp3) is 0.692. The molecule has 8 heteroatoms. The Balaban J connectivity index is 1.93. The van der Waals surface area contributed by atoms with Crippen molar-refractivity contribution in [2.45, 2.75) is 32.5 Å². The summed E-state index contributed by atoms with van der Waals surface area (Å²) in [6.07, 6.45) is -2.06. The molecule has 0 spiro atoms. The number of alkyl halides is 3. The molecule has 2 heterocycles. The molecule has 0 aliphatic carbocycles. The van der Waals surface area contributed by atoms with Gasteiger partial charge < -0.3 is 10.2 Å². The van der Waals surface area contributed by atoms with E-state index in [-0.39, 0.29) is 6.54 Å². The van der Waals surface area contributed by atoms with Crippen LogP contribution >= 0.6 is 11.3 Å². The van der Waals surface area contributed by atoms with E-state index in [0.29, 0.717) is 10.9 Å². The van der Waals surface area contributed by atoms with Gasteiger partial charge in [-0.05, 0) is 18.8 Å². The van der Waals surface area contributed by atoms with Crippen molar-refractivity contribution in [3.05, 3.63) is 16.1 Å². The lowest BCUT2D eigenvalue weighted by molar-refractivity contribution is -0.140. The maximum Gasteiger partial charge on any atom is 0.434 e. The lowest BCUT2D eigenvalue weighted by Crippen LogP contribution is -2.45. The van der Waals surface area contributed by atoms with Crippen LogP contribution in [0.4, 0.5) is 13.2 Å². The Morgan fingerprint density at radius 2 is 2.33 bits per heavy atom. The number of thiazole rings is 1. The molecule has 1 saturated heterocycles. The van der Waals surface area contributed by atoms with Crippen LogP contribution in [0.2, 0.25) is 0 Å². The molecule has 4 nitrogen and oxygen atoms in total. The Morgan fingerprint density at radius 1 is 1.57 bits per heavy atom. The molecule has 1 fully saturated rings. The van der Waals surface area contributed by atoms with Crippen LogP contribution in [0, 0.1) is 5.92 Å². The van der Waals surface area contributed by atoms with E-state index in [1.54, 1.807) is 7.05 Å². The number of rotatable bonds is 2. The van der Waals surface area contributed by atoms with Crippen molar-refractivity contribution in [3.63, 3.8) is 0 Å². The minimum absolute atomic E-state index is 0.262. The molecule has 1 unspecified atom stereocenters. The molecule has 1 aromatic heterocycles. The molecular formula is C13H19F3N4S. The van der Waals surface area contributed by atoms with Crippen molar-refractivity contribution in [1.82, 2.24) is 15.2 Å². The first-order valence-corrected chi connectivity index (χ1v) is 7.75. The van der Waals surface area contributed by atoms with E-state index in [9.17, 15) is 13.2 Å². The van der Waals surface area contributed by atoms with E-state index in [0.717, 1.165) is 42.2 Å². The third-order valence-electron chi connectivity index (χ3n) is 3.41. The van der Waals surface area contributed by atoms with Gasteiger partial charge in [-0.3, -0.25) is 4.99 Å². The second kappa shape index (κ2) is 6.64. The largest absolute Gasteiger partial charge is 0.434 e. The van der Waals surface area contributed by atoms with E-state index < -0.39 is 11.9 Å². The first-order chi connectivity index (χ1) is 9.90. The third kappa shape index (κ3) is 4.33. The highest BCUT2D eigenvalue weighted by atomic mass is 32.1. The fourth-order valence-electron chi connectivity index (χ4n) is 2.39. The van der Waals surface area contributed by atoms with Gasteiger partial charge in [0, 0.05) is 25.5 Å². The molecule has 1 aliphatic rings. The zero-order valence-electron chi connectivity index (χ0n) is 12.1. The number of halogens is 3. The van der Waals surface area contributed by atoms with Crippen LogP contribution in [0.5, 0.6) is 0 Å². The maximum atomic E-state index is 12.5. The SMILES string of the molecule is CN=C(NCc1nc(C(F)(F)F)cs1)N1CCCC(C)C1. The minimum Gasteiger partial charge on any atom is -0.350 e. The first kappa shape index (κ1) is 16.1. The number of hydrogen-bond donors (Lipinski definition) is 1. The summed E-state index contributed by atoms with van der Waals surface area (Å²) in [6.45, 7) is 4.30. The molecule has 118 valence electrons. The molecule has 1 N–H and O–H groups in total. The monoisotopic (exact) mass is 320 g/mol. The van der Waals surface area contributed by atoms with Crippen LogP contribution in [-0.4, -0.2) is 36.0 Å². The van der Waals surface area contributed by atoms with Crippen LogP contribution in [0.3, 0.4) is 0 Å². The first-order valence-electron chi connectivity index (χ1n) is 6.87. The van der Waals surface area contributed by atoms with Crippen molar-refractivity contribution < 1.29 is 13.2 Å². The summed E-state index contributed by atoms with van der Waals surface area (Å²) in [7, 11) is 1.69. The number of hydrogen-bond acceptors (Lipinski definition) is 3. The number of aliphatic imine (C=N–C) groups is 1. The average Bonchev–Trinajstić information content (AvgIpc) is 2.88. The van der Waals surface area contributed by atoms with Gasteiger partial charge in [0.1, 0.15) is 5.01 Å². The Labute approximate surface area is 126 Å². The van der Waals surface area contributed by atoms with Crippen molar-refractivity contribution in [1.29, 1.82) is 0 Å². The summed E-state index contributed by atoms with van der Waals surface area (Å²) >= 11 is 1.01. The van der Waals surface area contributed by atoms with Crippen molar-refractivity contribution in [2.75, 3.05) is 20.1 Å². The van der Waals surface area contributed by atoms with Crippen LogP contribution in [0.15, 0.2) is 10.4 Å². The Bertz CT molecular complexity index is 498. The van der Waals surface area contributed by atoms with Gasteiger partial charge in [0.05, 0.1) is 6.54 Å². The van der Waals surface area contributed by atoms with E-state index in [1.165, 1.54) is 6.42 Å². The predicted molar refractivity (Wildman–Crippen MR) is 77.3 cm³/mol. The minimum atomic E-state index is -4.38. The van der Waals surface area contributed by atoms with Crippen LogP contribution in [0.1, 0.15) is 30.5 Å². The van der Waals surface area contributed by atoms with Gasteiger partial charge in [-0.2, -0.15) is 13.2 Å². The lowest BCUT2D eigenvalue weighted by Gasteiger charge is -2.33. The molecule has 1 aliphatic heterocycles. The van der Waals surface area contributed by atoms with E-state index in [4.69, 9.17) is 0 Å².